The minimum atomic E-state index is -0.419. The number of piperidine rings is 1. The maximum Gasteiger partial charge on any atom is 0.287 e. The number of benzene rings is 1. The molecule has 6 heteroatoms. The minimum absolute atomic E-state index is 0.0218. The molecule has 1 aliphatic heterocycles. The molecule has 1 fully saturated rings. The number of likely N-dealkylation sites (tertiary alicyclic amines) is 1. The molecule has 0 saturated carbocycles. The number of aryl methyl sites for hydroxylation is 1. The van der Waals surface area contributed by atoms with E-state index in [0.717, 1.165) is 12.1 Å². The highest BCUT2D eigenvalue weighted by Gasteiger charge is 2.13. The van der Waals surface area contributed by atoms with Crippen LogP contribution in [0.15, 0.2) is 36.5 Å². The Kier molecular flexibility index (Phi) is 5.60. The maximum absolute atomic E-state index is 10.8. The van der Waals surface area contributed by atoms with E-state index < -0.39 is 4.92 Å². The highest BCUT2D eigenvalue weighted by molar-refractivity contribution is 5.48. The molecule has 0 radical (unpaired) electrons. The lowest BCUT2D eigenvalue weighted by Gasteiger charge is -2.27. The average Bonchev–Trinajstić information content (AvgIpc) is 2.62. The Morgan fingerprint density at radius 1 is 1.20 bits per heavy atom. The third-order valence-corrected chi connectivity index (χ3v) is 4.68. The summed E-state index contributed by atoms with van der Waals surface area (Å²) >= 11 is 0. The van der Waals surface area contributed by atoms with Gasteiger partial charge in [-0.15, -0.1) is 0 Å². The van der Waals surface area contributed by atoms with Crippen LogP contribution in [0.3, 0.4) is 0 Å². The van der Waals surface area contributed by atoms with E-state index in [-0.39, 0.29) is 5.69 Å². The molecule has 0 atom stereocenters. The van der Waals surface area contributed by atoms with Gasteiger partial charge in [-0.05, 0) is 49.5 Å². The summed E-state index contributed by atoms with van der Waals surface area (Å²) in [6, 6.07) is 9.99. The molecule has 0 bridgehead atoms. The van der Waals surface area contributed by atoms with Crippen LogP contribution in [0.5, 0.6) is 0 Å². The molecule has 25 heavy (non-hydrogen) atoms. The number of pyridine rings is 1. The minimum Gasteiger partial charge on any atom is -0.366 e. The SMILES string of the molecule is Cc1cc([N+](=O)[O-])cnc1NCc1ccccc1CN1CCCCC1. The third kappa shape index (κ3) is 4.54. The number of nitro groups is 1. The lowest BCUT2D eigenvalue weighted by Crippen LogP contribution is -2.29. The highest BCUT2D eigenvalue weighted by atomic mass is 16.6. The van der Waals surface area contributed by atoms with Crippen molar-refractivity contribution in [2.24, 2.45) is 0 Å². The predicted octanol–water partition coefficient (Wildman–Crippen LogP) is 3.90. The monoisotopic (exact) mass is 340 g/mol. The van der Waals surface area contributed by atoms with Gasteiger partial charge in [0.2, 0.25) is 0 Å². The Morgan fingerprint density at radius 3 is 2.60 bits per heavy atom. The van der Waals surface area contributed by atoms with E-state index in [2.05, 4.69) is 33.4 Å². The number of nitrogens with zero attached hydrogens (tertiary/aromatic N) is 3. The summed E-state index contributed by atoms with van der Waals surface area (Å²) in [4.78, 5) is 17.1. The molecule has 0 spiro atoms. The second-order valence-corrected chi connectivity index (χ2v) is 6.58. The first-order valence-corrected chi connectivity index (χ1v) is 8.77. The molecule has 1 aliphatic rings. The van der Waals surface area contributed by atoms with Crippen molar-refractivity contribution in [1.29, 1.82) is 0 Å². The molecule has 3 rings (SSSR count). The van der Waals surface area contributed by atoms with Crippen LogP contribution >= 0.6 is 0 Å². The summed E-state index contributed by atoms with van der Waals surface area (Å²) in [5.74, 6) is 0.693. The normalized spacial score (nSPS) is 15.1. The maximum atomic E-state index is 10.8. The van der Waals surface area contributed by atoms with Gasteiger partial charge in [0.15, 0.2) is 0 Å². The number of aromatic nitrogens is 1. The Balaban J connectivity index is 1.68. The highest BCUT2D eigenvalue weighted by Crippen LogP contribution is 2.20. The quantitative estimate of drug-likeness (QED) is 0.638. The van der Waals surface area contributed by atoms with Gasteiger partial charge < -0.3 is 5.32 Å². The van der Waals surface area contributed by atoms with Gasteiger partial charge >= 0.3 is 0 Å². The van der Waals surface area contributed by atoms with Crippen molar-refractivity contribution in [3.05, 3.63) is 63.3 Å². The van der Waals surface area contributed by atoms with Crippen molar-refractivity contribution in [3.63, 3.8) is 0 Å². The fourth-order valence-corrected chi connectivity index (χ4v) is 3.27. The zero-order chi connectivity index (χ0) is 17.6. The van der Waals surface area contributed by atoms with E-state index in [1.54, 1.807) is 6.07 Å². The number of hydrogen-bond acceptors (Lipinski definition) is 5. The van der Waals surface area contributed by atoms with Gasteiger partial charge in [0.25, 0.3) is 5.69 Å². The van der Waals surface area contributed by atoms with Crippen molar-refractivity contribution in [3.8, 4) is 0 Å². The van der Waals surface area contributed by atoms with E-state index in [1.165, 1.54) is 49.7 Å². The number of hydrogen-bond donors (Lipinski definition) is 1. The van der Waals surface area contributed by atoms with Gasteiger partial charge in [-0.25, -0.2) is 4.98 Å². The summed E-state index contributed by atoms with van der Waals surface area (Å²) in [6.45, 7) is 5.82. The zero-order valence-corrected chi connectivity index (χ0v) is 14.6. The zero-order valence-electron chi connectivity index (χ0n) is 14.6. The summed E-state index contributed by atoms with van der Waals surface area (Å²) in [5.41, 5.74) is 3.38. The van der Waals surface area contributed by atoms with E-state index in [0.29, 0.717) is 12.4 Å². The number of anilines is 1. The van der Waals surface area contributed by atoms with Crippen LogP contribution in [0.4, 0.5) is 11.5 Å². The predicted molar refractivity (Wildman–Crippen MR) is 98.5 cm³/mol. The van der Waals surface area contributed by atoms with Crippen molar-refractivity contribution in [2.45, 2.75) is 39.3 Å². The van der Waals surface area contributed by atoms with Gasteiger partial charge in [-0.1, -0.05) is 30.7 Å². The summed E-state index contributed by atoms with van der Waals surface area (Å²) in [6.07, 6.45) is 5.21. The number of nitrogens with one attached hydrogen (secondary N) is 1. The van der Waals surface area contributed by atoms with Gasteiger partial charge in [-0.2, -0.15) is 0 Å². The van der Waals surface area contributed by atoms with Crippen LogP contribution in [-0.4, -0.2) is 27.9 Å². The van der Waals surface area contributed by atoms with Crippen LogP contribution < -0.4 is 5.32 Å². The van der Waals surface area contributed by atoms with Crippen molar-refractivity contribution in [2.75, 3.05) is 18.4 Å². The Bertz CT molecular complexity index is 742. The molecular weight excluding hydrogens is 316 g/mol. The van der Waals surface area contributed by atoms with Gasteiger partial charge in [0.05, 0.1) is 4.92 Å². The molecule has 1 aromatic carbocycles. The Morgan fingerprint density at radius 2 is 1.92 bits per heavy atom. The fraction of sp³-hybridized carbons (Fsp3) is 0.421. The molecule has 132 valence electrons. The Hall–Kier alpha value is -2.47. The Labute approximate surface area is 148 Å². The largest absolute Gasteiger partial charge is 0.366 e. The van der Waals surface area contributed by atoms with Crippen LogP contribution in [0.1, 0.15) is 36.0 Å². The van der Waals surface area contributed by atoms with E-state index in [9.17, 15) is 10.1 Å². The van der Waals surface area contributed by atoms with Gasteiger partial charge in [0, 0.05) is 19.2 Å². The number of rotatable bonds is 6. The summed E-state index contributed by atoms with van der Waals surface area (Å²) in [7, 11) is 0. The first-order valence-electron chi connectivity index (χ1n) is 8.77. The van der Waals surface area contributed by atoms with Gasteiger partial charge in [0.1, 0.15) is 12.0 Å². The molecule has 0 aliphatic carbocycles. The lowest BCUT2D eigenvalue weighted by atomic mass is 10.0. The standard InChI is InChI=1S/C19H24N4O2/c1-15-11-18(23(24)25)13-21-19(15)20-12-16-7-3-4-8-17(16)14-22-9-5-2-6-10-22/h3-4,7-8,11,13H,2,5-6,9-10,12,14H2,1H3,(H,20,21). The third-order valence-electron chi connectivity index (χ3n) is 4.68. The first kappa shape index (κ1) is 17.4. The lowest BCUT2D eigenvalue weighted by molar-refractivity contribution is -0.385. The fourth-order valence-electron chi connectivity index (χ4n) is 3.27. The smallest absolute Gasteiger partial charge is 0.287 e. The average molecular weight is 340 g/mol. The first-order chi connectivity index (χ1) is 12.1. The molecule has 0 amide bonds. The van der Waals surface area contributed by atoms with Crippen molar-refractivity contribution in [1.82, 2.24) is 9.88 Å². The van der Waals surface area contributed by atoms with Crippen molar-refractivity contribution >= 4 is 11.5 Å². The van der Waals surface area contributed by atoms with Crippen LogP contribution in [0.25, 0.3) is 0 Å². The second-order valence-electron chi connectivity index (χ2n) is 6.58. The van der Waals surface area contributed by atoms with E-state index >= 15 is 0 Å². The van der Waals surface area contributed by atoms with Crippen molar-refractivity contribution < 1.29 is 4.92 Å². The van der Waals surface area contributed by atoms with E-state index in [4.69, 9.17) is 0 Å². The molecule has 6 nitrogen and oxygen atoms in total. The van der Waals surface area contributed by atoms with Crippen LogP contribution in [0.2, 0.25) is 0 Å². The van der Waals surface area contributed by atoms with E-state index in [1.807, 2.05) is 13.0 Å². The topological polar surface area (TPSA) is 71.3 Å². The molecular formula is C19H24N4O2. The summed E-state index contributed by atoms with van der Waals surface area (Å²) in [5, 5.41) is 14.1. The summed E-state index contributed by atoms with van der Waals surface area (Å²) < 4.78 is 0. The van der Waals surface area contributed by atoms with Crippen LogP contribution in [-0.2, 0) is 13.1 Å². The molecule has 1 aromatic heterocycles. The molecule has 0 unspecified atom stereocenters. The molecule has 2 heterocycles. The molecule has 1 N–H and O–H groups in total. The van der Waals surface area contributed by atoms with Gasteiger partial charge in [-0.3, -0.25) is 15.0 Å². The van der Waals surface area contributed by atoms with Crippen LogP contribution in [0, 0.1) is 17.0 Å². The molecule has 2 aromatic rings. The molecule has 1 saturated heterocycles. The second kappa shape index (κ2) is 8.07.